The Morgan fingerprint density at radius 3 is 2.63 bits per heavy atom. The van der Waals surface area contributed by atoms with Gasteiger partial charge in [-0.15, -0.1) is 0 Å². The molecule has 1 aromatic rings. The Bertz CT molecular complexity index is 424. The van der Waals surface area contributed by atoms with Crippen LogP contribution in [0, 0.1) is 0 Å². The average Bonchev–Trinajstić information content (AvgIpc) is 2.34. The van der Waals surface area contributed by atoms with E-state index in [-0.39, 0.29) is 17.5 Å². The first-order chi connectivity index (χ1) is 8.81. The summed E-state index contributed by atoms with van der Waals surface area (Å²) in [5.74, 6) is 0.826. The minimum absolute atomic E-state index is 0.00208. The Labute approximate surface area is 115 Å². The molecule has 0 aliphatic rings. The van der Waals surface area contributed by atoms with Gasteiger partial charge < -0.3 is 15.4 Å². The predicted octanol–water partition coefficient (Wildman–Crippen LogP) is 2.26. The van der Waals surface area contributed by atoms with Crippen LogP contribution in [0.4, 0.5) is 0 Å². The van der Waals surface area contributed by atoms with Gasteiger partial charge in [-0.2, -0.15) is 0 Å². The van der Waals surface area contributed by atoms with E-state index in [2.05, 4.69) is 10.6 Å². The fourth-order valence-corrected chi connectivity index (χ4v) is 1.74. The number of ether oxygens (including phenoxy) is 1. The first-order valence-electron chi connectivity index (χ1n) is 6.50. The van der Waals surface area contributed by atoms with E-state index in [1.54, 1.807) is 7.11 Å². The standard InChI is InChI=1S/C15H24N2O2/c1-11(12-7-6-8-13(9-12)19-5)16-10-14(18)17-15(2,3)4/h6-9,11,16H,10H2,1-5H3,(H,17,18)/t11-/m0/s1. The molecule has 0 bridgehead atoms. The number of benzene rings is 1. The highest BCUT2D eigenvalue weighted by Crippen LogP contribution is 2.18. The van der Waals surface area contributed by atoms with Crippen molar-refractivity contribution >= 4 is 5.91 Å². The third-order valence-corrected chi connectivity index (χ3v) is 2.68. The van der Waals surface area contributed by atoms with Crippen molar-refractivity contribution in [3.05, 3.63) is 29.8 Å². The van der Waals surface area contributed by atoms with Crippen LogP contribution in [0.3, 0.4) is 0 Å². The van der Waals surface area contributed by atoms with Crippen molar-refractivity contribution in [2.45, 2.75) is 39.3 Å². The normalized spacial score (nSPS) is 12.9. The van der Waals surface area contributed by atoms with Crippen molar-refractivity contribution in [2.24, 2.45) is 0 Å². The van der Waals surface area contributed by atoms with Crippen LogP contribution >= 0.6 is 0 Å². The second-order valence-electron chi connectivity index (χ2n) is 5.68. The van der Waals surface area contributed by atoms with Crippen LogP contribution in [0.5, 0.6) is 5.75 Å². The number of amides is 1. The summed E-state index contributed by atoms with van der Waals surface area (Å²) in [5, 5.41) is 6.13. The lowest BCUT2D eigenvalue weighted by Crippen LogP contribution is -2.45. The van der Waals surface area contributed by atoms with Crippen LogP contribution in [0.2, 0.25) is 0 Å². The van der Waals surface area contributed by atoms with E-state index in [4.69, 9.17) is 4.74 Å². The zero-order chi connectivity index (χ0) is 14.5. The molecular formula is C15H24N2O2. The van der Waals surface area contributed by atoms with Crippen LogP contribution in [-0.2, 0) is 4.79 Å². The summed E-state index contributed by atoms with van der Waals surface area (Å²) in [6, 6.07) is 7.94. The highest BCUT2D eigenvalue weighted by atomic mass is 16.5. The Morgan fingerprint density at radius 1 is 1.37 bits per heavy atom. The highest BCUT2D eigenvalue weighted by molar-refractivity contribution is 5.78. The number of hydrogen-bond donors (Lipinski definition) is 2. The van der Waals surface area contributed by atoms with Gasteiger partial charge in [0, 0.05) is 11.6 Å². The fourth-order valence-electron chi connectivity index (χ4n) is 1.74. The summed E-state index contributed by atoms with van der Waals surface area (Å²) in [5.41, 5.74) is 0.903. The molecule has 0 fully saturated rings. The second kappa shape index (κ2) is 6.57. The molecule has 19 heavy (non-hydrogen) atoms. The van der Waals surface area contributed by atoms with E-state index >= 15 is 0 Å². The maximum atomic E-state index is 11.7. The van der Waals surface area contributed by atoms with Gasteiger partial charge in [-0.05, 0) is 45.4 Å². The summed E-state index contributed by atoms with van der Waals surface area (Å²) < 4.78 is 5.19. The molecule has 0 spiro atoms. The van der Waals surface area contributed by atoms with Crippen molar-refractivity contribution in [1.82, 2.24) is 10.6 Å². The summed E-state index contributed by atoms with van der Waals surface area (Å²) in [6.07, 6.45) is 0. The van der Waals surface area contributed by atoms with Crippen LogP contribution in [0.25, 0.3) is 0 Å². The van der Waals surface area contributed by atoms with Crippen LogP contribution < -0.4 is 15.4 Å². The van der Waals surface area contributed by atoms with Crippen molar-refractivity contribution < 1.29 is 9.53 Å². The minimum Gasteiger partial charge on any atom is -0.497 e. The van der Waals surface area contributed by atoms with Crippen LogP contribution in [0.1, 0.15) is 39.3 Å². The molecule has 0 heterocycles. The monoisotopic (exact) mass is 264 g/mol. The third kappa shape index (κ3) is 5.75. The molecule has 4 heteroatoms. The molecule has 1 atom stereocenters. The largest absolute Gasteiger partial charge is 0.497 e. The number of rotatable bonds is 5. The second-order valence-corrected chi connectivity index (χ2v) is 5.68. The Balaban J connectivity index is 2.51. The first-order valence-corrected chi connectivity index (χ1v) is 6.50. The molecule has 0 saturated carbocycles. The van der Waals surface area contributed by atoms with Gasteiger partial charge in [-0.1, -0.05) is 12.1 Å². The van der Waals surface area contributed by atoms with Gasteiger partial charge in [0.1, 0.15) is 5.75 Å². The zero-order valence-corrected chi connectivity index (χ0v) is 12.4. The molecule has 0 aliphatic heterocycles. The minimum atomic E-state index is -0.196. The van der Waals surface area contributed by atoms with Crippen molar-refractivity contribution in [1.29, 1.82) is 0 Å². The average molecular weight is 264 g/mol. The SMILES string of the molecule is COc1cccc([C@H](C)NCC(=O)NC(C)(C)C)c1. The lowest BCUT2D eigenvalue weighted by atomic mass is 10.1. The maximum Gasteiger partial charge on any atom is 0.234 e. The van der Waals surface area contributed by atoms with Gasteiger partial charge in [-0.3, -0.25) is 4.79 Å². The Kier molecular flexibility index (Phi) is 5.36. The molecular weight excluding hydrogens is 240 g/mol. The van der Waals surface area contributed by atoms with Gasteiger partial charge in [0.2, 0.25) is 5.91 Å². The van der Waals surface area contributed by atoms with Crippen LogP contribution in [-0.4, -0.2) is 25.1 Å². The van der Waals surface area contributed by atoms with E-state index in [1.807, 2.05) is 52.0 Å². The van der Waals surface area contributed by atoms with E-state index in [9.17, 15) is 4.79 Å². The molecule has 1 rings (SSSR count). The maximum absolute atomic E-state index is 11.7. The van der Waals surface area contributed by atoms with E-state index in [0.29, 0.717) is 6.54 Å². The lowest BCUT2D eigenvalue weighted by molar-refractivity contribution is -0.121. The number of carbonyl (C=O) groups is 1. The van der Waals surface area contributed by atoms with Crippen LogP contribution in [0.15, 0.2) is 24.3 Å². The van der Waals surface area contributed by atoms with Crippen molar-refractivity contribution in [2.75, 3.05) is 13.7 Å². The van der Waals surface area contributed by atoms with Gasteiger partial charge in [0.15, 0.2) is 0 Å². The molecule has 0 radical (unpaired) electrons. The molecule has 4 nitrogen and oxygen atoms in total. The smallest absolute Gasteiger partial charge is 0.234 e. The predicted molar refractivity (Wildman–Crippen MR) is 77.3 cm³/mol. The molecule has 2 N–H and O–H groups in total. The number of nitrogens with one attached hydrogen (secondary N) is 2. The topological polar surface area (TPSA) is 50.4 Å². The van der Waals surface area contributed by atoms with E-state index < -0.39 is 0 Å². The molecule has 0 aromatic heterocycles. The van der Waals surface area contributed by atoms with Gasteiger partial charge in [-0.25, -0.2) is 0 Å². The molecule has 0 aliphatic carbocycles. The van der Waals surface area contributed by atoms with E-state index in [1.165, 1.54) is 0 Å². The van der Waals surface area contributed by atoms with Gasteiger partial charge in [0.25, 0.3) is 0 Å². The van der Waals surface area contributed by atoms with Gasteiger partial charge in [0.05, 0.1) is 13.7 Å². The number of carbonyl (C=O) groups excluding carboxylic acids is 1. The number of hydrogen-bond acceptors (Lipinski definition) is 3. The molecule has 1 amide bonds. The lowest BCUT2D eigenvalue weighted by Gasteiger charge is -2.22. The van der Waals surface area contributed by atoms with Crippen molar-refractivity contribution in [3.63, 3.8) is 0 Å². The Hall–Kier alpha value is -1.55. The Morgan fingerprint density at radius 2 is 2.05 bits per heavy atom. The van der Waals surface area contributed by atoms with E-state index in [0.717, 1.165) is 11.3 Å². The third-order valence-electron chi connectivity index (χ3n) is 2.68. The van der Waals surface area contributed by atoms with Gasteiger partial charge >= 0.3 is 0 Å². The summed E-state index contributed by atoms with van der Waals surface area (Å²) >= 11 is 0. The highest BCUT2D eigenvalue weighted by Gasteiger charge is 2.14. The molecule has 0 unspecified atom stereocenters. The fraction of sp³-hybridized carbons (Fsp3) is 0.533. The summed E-state index contributed by atoms with van der Waals surface area (Å²) in [4.78, 5) is 11.7. The summed E-state index contributed by atoms with van der Waals surface area (Å²) in [6.45, 7) is 8.23. The molecule has 106 valence electrons. The molecule has 0 saturated heterocycles. The quantitative estimate of drug-likeness (QED) is 0.857. The number of methoxy groups -OCH3 is 1. The molecule has 1 aromatic carbocycles. The first kappa shape index (κ1) is 15.5. The summed E-state index contributed by atoms with van der Waals surface area (Å²) in [7, 11) is 1.65. The zero-order valence-electron chi connectivity index (χ0n) is 12.4. The van der Waals surface area contributed by atoms with Crippen molar-refractivity contribution in [3.8, 4) is 5.75 Å².